The maximum atomic E-state index is 11.7. The first kappa shape index (κ1) is 12.3. The molecule has 0 saturated carbocycles. The normalized spacial score (nSPS) is 10.9. The molecule has 0 aromatic heterocycles. The molecule has 3 nitrogen and oxygen atoms in total. The number of phenolic OH excluding ortho intramolecular Hbond substituents is 1. The number of ether oxygens (including phenoxy) is 1. The van der Waals surface area contributed by atoms with E-state index in [1.165, 1.54) is 24.3 Å². The fraction of sp³-hybridized carbons (Fsp3) is 0.308. The molecule has 0 radical (unpaired) electrons. The van der Waals surface area contributed by atoms with Crippen molar-refractivity contribution in [2.24, 2.45) is 5.41 Å². The molecule has 1 aromatic carbocycles. The third-order valence-corrected chi connectivity index (χ3v) is 2.20. The van der Waals surface area contributed by atoms with Crippen LogP contribution in [0.25, 0.3) is 0 Å². The highest BCUT2D eigenvalue weighted by Crippen LogP contribution is 2.25. The Balaban J connectivity index is 2.72. The van der Waals surface area contributed by atoms with Crippen LogP contribution < -0.4 is 4.74 Å². The van der Waals surface area contributed by atoms with Gasteiger partial charge >= 0.3 is 5.97 Å². The summed E-state index contributed by atoms with van der Waals surface area (Å²) in [5.74, 6) is 0.0841. The van der Waals surface area contributed by atoms with Crippen LogP contribution in [0.1, 0.15) is 20.8 Å². The molecule has 0 heterocycles. The van der Waals surface area contributed by atoms with Gasteiger partial charge in [0.2, 0.25) is 0 Å². The lowest BCUT2D eigenvalue weighted by atomic mass is 9.88. The average Bonchev–Trinajstić information content (AvgIpc) is 2.19. The molecule has 3 heteroatoms. The number of benzene rings is 1. The molecule has 0 aliphatic rings. The predicted molar refractivity (Wildman–Crippen MR) is 62.3 cm³/mol. The van der Waals surface area contributed by atoms with Gasteiger partial charge in [-0.15, -0.1) is 0 Å². The molecule has 0 amide bonds. The van der Waals surface area contributed by atoms with Gasteiger partial charge in [-0.3, -0.25) is 0 Å². The number of hydrogen-bond donors (Lipinski definition) is 1. The maximum absolute atomic E-state index is 11.7. The largest absolute Gasteiger partial charge is 0.508 e. The molecule has 0 aliphatic heterocycles. The Morgan fingerprint density at radius 3 is 2.19 bits per heavy atom. The number of hydrogen-bond acceptors (Lipinski definition) is 3. The molecule has 1 N–H and O–H groups in total. The van der Waals surface area contributed by atoms with Crippen LogP contribution in [0.5, 0.6) is 11.5 Å². The number of aromatic hydroxyl groups is 1. The highest BCUT2D eigenvalue weighted by atomic mass is 16.5. The molecule has 0 fully saturated rings. The molecule has 0 atom stereocenters. The SMILES string of the molecule is C=C(C(=O)Oc1ccc(O)cc1)C(C)(C)C. The average molecular weight is 220 g/mol. The van der Waals surface area contributed by atoms with Crippen LogP contribution >= 0.6 is 0 Å². The van der Waals surface area contributed by atoms with Crippen LogP contribution in [-0.4, -0.2) is 11.1 Å². The first-order chi connectivity index (χ1) is 7.30. The fourth-order valence-electron chi connectivity index (χ4n) is 0.989. The van der Waals surface area contributed by atoms with Crippen molar-refractivity contribution >= 4 is 5.97 Å². The van der Waals surface area contributed by atoms with Crippen molar-refractivity contribution < 1.29 is 14.6 Å². The predicted octanol–water partition coefficient (Wildman–Crippen LogP) is 2.90. The van der Waals surface area contributed by atoms with Gasteiger partial charge in [0.25, 0.3) is 0 Å². The first-order valence-electron chi connectivity index (χ1n) is 5.01. The van der Waals surface area contributed by atoms with Crippen LogP contribution in [-0.2, 0) is 4.79 Å². The number of carbonyl (C=O) groups excluding carboxylic acids is 1. The number of rotatable bonds is 2. The van der Waals surface area contributed by atoms with Gasteiger partial charge in [0.1, 0.15) is 11.5 Å². The Labute approximate surface area is 95.4 Å². The molecule has 0 unspecified atom stereocenters. The van der Waals surface area contributed by atoms with E-state index in [1.54, 1.807) is 0 Å². The summed E-state index contributed by atoms with van der Waals surface area (Å²) in [7, 11) is 0. The Bertz CT molecular complexity index is 396. The van der Waals surface area contributed by atoms with Crippen LogP contribution in [0.15, 0.2) is 36.4 Å². The molecule has 0 bridgehead atoms. The summed E-state index contributed by atoms with van der Waals surface area (Å²) < 4.78 is 5.11. The topological polar surface area (TPSA) is 46.5 Å². The second kappa shape index (κ2) is 4.39. The minimum Gasteiger partial charge on any atom is -0.508 e. The molecule has 1 rings (SSSR count). The number of phenols is 1. The standard InChI is InChI=1S/C13H16O3/c1-9(13(2,3)4)12(15)16-11-7-5-10(14)6-8-11/h5-8,14H,1H2,2-4H3. The maximum Gasteiger partial charge on any atom is 0.339 e. The van der Waals surface area contributed by atoms with E-state index in [-0.39, 0.29) is 11.2 Å². The van der Waals surface area contributed by atoms with E-state index in [1.807, 2.05) is 20.8 Å². The molecule has 16 heavy (non-hydrogen) atoms. The van der Waals surface area contributed by atoms with Crippen molar-refractivity contribution in [3.63, 3.8) is 0 Å². The Kier molecular flexibility index (Phi) is 3.38. The lowest BCUT2D eigenvalue weighted by Crippen LogP contribution is -2.21. The summed E-state index contributed by atoms with van der Waals surface area (Å²) in [6.07, 6.45) is 0. The lowest BCUT2D eigenvalue weighted by Gasteiger charge is -2.19. The van der Waals surface area contributed by atoms with Crippen molar-refractivity contribution in [2.75, 3.05) is 0 Å². The van der Waals surface area contributed by atoms with Crippen LogP contribution in [0.4, 0.5) is 0 Å². The van der Waals surface area contributed by atoms with E-state index >= 15 is 0 Å². The van der Waals surface area contributed by atoms with E-state index < -0.39 is 5.97 Å². The second-order valence-electron chi connectivity index (χ2n) is 4.61. The molecule has 0 spiro atoms. The van der Waals surface area contributed by atoms with Crippen molar-refractivity contribution in [3.05, 3.63) is 36.4 Å². The van der Waals surface area contributed by atoms with Gasteiger partial charge in [0.15, 0.2) is 0 Å². The lowest BCUT2D eigenvalue weighted by molar-refractivity contribution is -0.131. The van der Waals surface area contributed by atoms with Crippen LogP contribution in [0, 0.1) is 5.41 Å². The second-order valence-corrected chi connectivity index (χ2v) is 4.61. The fourth-order valence-corrected chi connectivity index (χ4v) is 0.989. The molecular weight excluding hydrogens is 204 g/mol. The minimum atomic E-state index is -0.446. The Morgan fingerprint density at radius 1 is 1.25 bits per heavy atom. The zero-order valence-electron chi connectivity index (χ0n) is 9.78. The van der Waals surface area contributed by atoms with Crippen molar-refractivity contribution in [3.8, 4) is 11.5 Å². The van der Waals surface area contributed by atoms with E-state index in [2.05, 4.69) is 6.58 Å². The van der Waals surface area contributed by atoms with Gasteiger partial charge in [-0.25, -0.2) is 4.79 Å². The monoisotopic (exact) mass is 220 g/mol. The minimum absolute atomic E-state index is 0.134. The van der Waals surface area contributed by atoms with Gasteiger partial charge in [-0.1, -0.05) is 27.4 Å². The van der Waals surface area contributed by atoms with Crippen LogP contribution in [0.2, 0.25) is 0 Å². The van der Waals surface area contributed by atoms with Gasteiger partial charge < -0.3 is 9.84 Å². The van der Waals surface area contributed by atoms with Crippen molar-refractivity contribution in [2.45, 2.75) is 20.8 Å². The summed E-state index contributed by atoms with van der Waals surface area (Å²) in [6, 6.07) is 5.98. The van der Waals surface area contributed by atoms with E-state index in [4.69, 9.17) is 9.84 Å². The molecular formula is C13H16O3. The highest BCUT2D eigenvalue weighted by molar-refractivity contribution is 5.90. The highest BCUT2D eigenvalue weighted by Gasteiger charge is 2.23. The van der Waals surface area contributed by atoms with Crippen molar-refractivity contribution in [1.82, 2.24) is 0 Å². The Hall–Kier alpha value is -1.77. The van der Waals surface area contributed by atoms with E-state index in [0.29, 0.717) is 11.3 Å². The van der Waals surface area contributed by atoms with Crippen molar-refractivity contribution in [1.29, 1.82) is 0 Å². The molecule has 1 aromatic rings. The van der Waals surface area contributed by atoms with Gasteiger partial charge in [-0.05, 0) is 29.7 Å². The number of carbonyl (C=O) groups is 1. The van der Waals surface area contributed by atoms with E-state index in [9.17, 15) is 4.79 Å². The number of esters is 1. The zero-order valence-corrected chi connectivity index (χ0v) is 9.78. The van der Waals surface area contributed by atoms with Gasteiger partial charge in [0.05, 0.1) is 0 Å². The first-order valence-corrected chi connectivity index (χ1v) is 5.01. The molecule has 0 saturated heterocycles. The third kappa shape index (κ3) is 3.12. The quantitative estimate of drug-likeness (QED) is 0.473. The smallest absolute Gasteiger partial charge is 0.339 e. The Morgan fingerprint density at radius 2 is 1.75 bits per heavy atom. The summed E-state index contributed by atoms with van der Waals surface area (Å²) in [4.78, 5) is 11.7. The summed E-state index contributed by atoms with van der Waals surface area (Å²) in [6.45, 7) is 9.40. The third-order valence-electron chi connectivity index (χ3n) is 2.20. The summed E-state index contributed by atoms with van der Waals surface area (Å²) >= 11 is 0. The van der Waals surface area contributed by atoms with Gasteiger partial charge in [-0.2, -0.15) is 0 Å². The van der Waals surface area contributed by atoms with E-state index in [0.717, 1.165) is 0 Å². The zero-order chi connectivity index (χ0) is 12.3. The van der Waals surface area contributed by atoms with Crippen LogP contribution in [0.3, 0.4) is 0 Å². The van der Waals surface area contributed by atoms with Gasteiger partial charge in [0, 0.05) is 5.57 Å². The molecule has 0 aliphatic carbocycles. The molecule has 86 valence electrons. The summed E-state index contributed by atoms with van der Waals surface area (Å²) in [5.41, 5.74) is 0.106. The summed E-state index contributed by atoms with van der Waals surface area (Å²) in [5, 5.41) is 9.07.